The molecule has 1 saturated heterocycles. The molecule has 0 bridgehead atoms. The number of nitrogens with one attached hydrogen (secondary N) is 1. The molecule has 0 unspecified atom stereocenters. The highest BCUT2D eigenvalue weighted by molar-refractivity contribution is 7.12. The third kappa shape index (κ3) is 4.90. The van der Waals surface area contributed by atoms with Gasteiger partial charge in [-0.05, 0) is 76.8 Å². The van der Waals surface area contributed by atoms with Crippen molar-refractivity contribution in [3.05, 3.63) is 21.4 Å². The normalized spacial score (nSPS) is 18.1. The Balaban J connectivity index is 1.56. The number of piperidine rings is 1. The van der Waals surface area contributed by atoms with Crippen molar-refractivity contribution in [2.45, 2.75) is 46.6 Å². The molecule has 2 heterocycles. The van der Waals surface area contributed by atoms with E-state index >= 15 is 0 Å². The van der Waals surface area contributed by atoms with Crippen molar-refractivity contribution in [1.29, 1.82) is 0 Å². The van der Waals surface area contributed by atoms with Crippen LogP contribution in [0.5, 0.6) is 0 Å². The molecular weight excluding hydrogens is 252 g/mol. The predicted molar refractivity (Wildman–Crippen MR) is 85.0 cm³/mol. The third-order valence-corrected chi connectivity index (χ3v) is 5.17. The average Bonchev–Trinajstić information content (AvgIpc) is 2.70. The Kier molecular flexibility index (Phi) is 5.86. The molecule has 1 aromatic rings. The van der Waals surface area contributed by atoms with Gasteiger partial charge in [0.1, 0.15) is 0 Å². The van der Waals surface area contributed by atoms with Crippen molar-refractivity contribution in [2.75, 3.05) is 26.2 Å². The SMILES string of the molecule is Cc1cc(CNCCCN2CCC(C)CC2)c(C)s1. The summed E-state index contributed by atoms with van der Waals surface area (Å²) in [5, 5.41) is 3.58. The Morgan fingerprint density at radius 1 is 1.32 bits per heavy atom. The van der Waals surface area contributed by atoms with Crippen LogP contribution in [0.4, 0.5) is 0 Å². The molecule has 19 heavy (non-hydrogen) atoms. The van der Waals surface area contributed by atoms with Crippen LogP contribution in [-0.2, 0) is 6.54 Å². The summed E-state index contributed by atoms with van der Waals surface area (Å²) < 4.78 is 0. The summed E-state index contributed by atoms with van der Waals surface area (Å²) >= 11 is 1.91. The van der Waals surface area contributed by atoms with Crippen LogP contribution in [0.2, 0.25) is 0 Å². The lowest BCUT2D eigenvalue weighted by Gasteiger charge is -2.30. The maximum absolute atomic E-state index is 3.58. The second-order valence-electron chi connectivity index (χ2n) is 5.99. The number of hydrogen-bond acceptors (Lipinski definition) is 3. The second-order valence-corrected chi connectivity index (χ2v) is 7.45. The monoisotopic (exact) mass is 280 g/mol. The number of rotatable bonds is 6. The van der Waals surface area contributed by atoms with Crippen LogP contribution in [-0.4, -0.2) is 31.1 Å². The summed E-state index contributed by atoms with van der Waals surface area (Å²) in [5.74, 6) is 0.944. The Morgan fingerprint density at radius 2 is 2.05 bits per heavy atom. The van der Waals surface area contributed by atoms with Crippen LogP contribution >= 0.6 is 11.3 Å². The largest absolute Gasteiger partial charge is 0.313 e. The van der Waals surface area contributed by atoms with Crippen LogP contribution in [0.15, 0.2) is 6.07 Å². The van der Waals surface area contributed by atoms with E-state index in [9.17, 15) is 0 Å². The van der Waals surface area contributed by atoms with Crippen molar-refractivity contribution < 1.29 is 0 Å². The molecule has 2 nitrogen and oxygen atoms in total. The van der Waals surface area contributed by atoms with Gasteiger partial charge in [0, 0.05) is 16.3 Å². The van der Waals surface area contributed by atoms with Gasteiger partial charge in [-0.3, -0.25) is 0 Å². The summed E-state index contributed by atoms with van der Waals surface area (Å²) in [5.41, 5.74) is 1.48. The third-order valence-electron chi connectivity index (χ3n) is 4.16. The van der Waals surface area contributed by atoms with E-state index in [0.717, 1.165) is 19.0 Å². The second kappa shape index (κ2) is 7.41. The summed E-state index contributed by atoms with van der Waals surface area (Å²) in [4.78, 5) is 5.52. The van der Waals surface area contributed by atoms with E-state index in [1.165, 1.54) is 54.2 Å². The molecule has 1 aliphatic rings. The highest BCUT2D eigenvalue weighted by Crippen LogP contribution is 2.20. The zero-order valence-electron chi connectivity index (χ0n) is 12.7. The molecule has 2 rings (SSSR count). The van der Waals surface area contributed by atoms with E-state index in [-0.39, 0.29) is 0 Å². The van der Waals surface area contributed by atoms with Crippen LogP contribution < -0.4 is 5.32 Å². The molecule has 108 valence electrons. The molecule has 1 N–H and O–H groups in total. The molecule has 3 heteroatoms. The summed E-state index contributed by atoms with van der Waals surface area (Å²) in [6.07, 6.45) is 4.05. The lowest BCUT2D eigenvalue weighted by Crippen LogP contribution is -2.34. The molecule has 1 aliphatic heterocycles. The Hall–Kier alpha value is -0.380. The molecular formula is C16H28N2S. The lowest BCUT2D eigenvalue weighted by atomic mass is 9.99. The van der Waals surface area contributed by atoms with Crippen molar-refractivity contribution in [3.63, 3.8) is 0 Å². The van der Waals surface area contributed by atoms with Gasteiger partial charge in [-0.15, -0.1) is 11.3 Å². The van der Waals surface area contributed by atoms with Crippen LogP contribution in [0.3, 0.4) is 0 Å². The first kappa shape index (κ1) is 15.0. The molecule has 0 aromatic carbocycles. The highest BCUT2D eigenvalue weighted by Gasteiger charge is 2.14. The fraction of sp³-hybridized carbons (Fsp3) is 0.750. The number of hydrogen-bond donors (Lipinski definition) is 1. The van der Waals surface area contributed by atoms with Crippen LogP contribution in [0, 0.1) is 19.8 Å². The fourth-order valence-electron chi connectivity index (χ4n) is 2.80. The van der Waals surface area contributed by atoms with Crippen molar-refractivity contribution in [2.24, 2.45) is 5.92 Å². The molecule has 0 atom stereocenters. The number of aryl methyl sites for hydroxylation is 2. The molecule has 0 aliphatic carbocycles. The molecule has 0 radical (unpaired) electrons. The van der Waals surface area contributed by atoms with Gasteiger partial charge in [0.25, 0.3) is 0 Å². The van der Waals surface area contributed by atoms with E-state index in [2.05, 4.69) is 37.1 Å². The first-order chi connectivity index (χ1) is 9.15. The smallest absolute Gasteiger partial charge is 0.0216 e. The topological polar surface area (TPSA) is 15.3 Å². The minimum atomic E-state index is 0.944. The minimum Gasteiger partial charge on any atom is -0.313 e. The molecule has 1 aromatic heterocycles. The van der Waals surface area contributed by atoms with E-state index in [1.807, 2.05) is 11.3 Å². The Labute approximate surface area is 122 Å². The van der Waals surface area contributed by atoms with E-state index in [0.29, 0.717) is 0 Å². The average molecular weight is 280 g/mol. The van der Waals surface area contributed by atoms with Crippen molar-refractivity contribution in [1.82, 2.24) is 10.2 Å². The molecule has 0 saturated carbocycles. The zero-order chi connectivity index (χ0) is 13.7. The Bertz CT molecular complexity index is 378. The van der Waals surface area contributed by atoms with Crippen LogP contribution in [0.1, 0.15) is 41.5 Å². The zero-order valence-corrected chi connectivity index (χ0v) is 13.5. The predicted octanol–water partition coefficient (Wildman–Crippen LogP) is 3.58. The van der Waals surface area contributed by atoms with Gasteiger partial charge in [-0.25, -0.2) is 0 Å². The van der Waals surface area contributed by atoms with E-state index < -0.39 is 0 Å². The van der Waals surface area contributed by atoms with Gasteiger partial charge in [0.05, 0.1) is 0 Å². The quantitative estimate of drug-likeness (QED) is 0.801. The van der Waals surface area contributed by atoms with Crippen LogP contribution in [0.25, 0.3) is 0 Å². The van der Waals surface area contributed by atoms with Gasteiger partial charge in [0.2, 0.25) is 0 Å². The maximum Gasteiger partial charge on any atom is 0.0216 e. The fourth-order valence-corrected chi connectivity index (χ4v) is 3.74. The minimum absolute atomic E-state index is 0.944. The highest BCUT2D eigenvalue weighted by atomic mass is 32.1. The van der Waals surface area contributed by atoms with Gasteiger partial charge in [0.15, 0.2) is 0 Å². The summed E-state index contributed by atoms with van der Waals surface area (Å²) in [6.45, 7) is 12.9. The van der Waals surface area contributed by atoms with Gasteiger partial charge < -0.3 is 10.2 Å². The lowest BCUT2D eigenvalue weighted by molar-refractivity contribution is 0.190. The summed E-state index contributed by atoms with van der Waals surface area (Å²) in [6, 6.07) is 2.32. The van der Waals surface area contributed by atoms with Crippen molar-refractivity contribution >= 4 is 11.3 Å². The number of nitrogens with zero attached hydrogens (tertiary/aromatic N) is 1. The molecule has 0 spiro atoms. The van der Waals surface area contributed by atoms with E-state index in [4.69, 9.17) is 0 Å². The first-order valence-corrected chi connectivity index (χ1v) is 8.46. The molecule has 1 fully saturated rings. The van der Waals surface area contributed by atoms with Gasteiger partial charge >= 0.3 is 0 Å². The maximum atomic E-state index is 3.58. The standard InChI is InChI=1S/C16H28N2S/c1-13-5-9-18(10-6-13)8-4-7-17-12-16-11-14(2)19-15(16)3/h11,13,17H,4-10,12H2,1-3H3. The summed E-state index contributed by atoms with van der Waals surface area (Å²) in [7, 11) is 0. The van der Waals surface area contributed by atoms with Gasteiger partial charge in [-0.1, -0.05) is 6.92 Å². The first-order valence-electron chi connectivity index (χ1n) is 7.64. The molecule has 0 amide bonds. The van der Waals surface area contributed by atoms with Crippen molar-refractivity contribution in [3.8, 4) is 0 Å². The Morgan fingerprint density at radius 3 is 2.68 bits per heavy atom. The van der Waals surface area contributed by atoms with E-state index in [1.54, 1.807) is 0 Å². The van der Waals surface area contributed by atoms with Gasteiger partial charge in [-0.2, -0.15) is 0 Å². The number of thiophene rings is 1. The number of likely N-dealkylation sites (tertiary alicyclic amines) is 1.